The molecule has 5 atom stereocenters. The van der Waals surface area contributed by atoms with Gasteiger partial charge in [0.05, 0.1) is 13.2 Å². The molecule has 0 aliphatic carbocycles. The molecule has 37 heavy (non-hydrogen) atoms. The van der Waals surface area contributed by atoms with Crippen molar-refractivity contribution in [2.75, 3.05) is 20.2 Å². The number of carboxylic acid groups (broad SMARTS) is 1. The number of carboxylic acids is 1. The molecule has 10 nitrogen and oxygen atoms in total. The number of benzene rings is 1. The summed E-state index contributed by atoms with van der Waals surface area (Å²) in [4.78, 5) is 52.6. The lowest BCUT2D eigenvalue weighted by Gasteiger charge is -2.32. The summed E-state index contributed by atoms with van der Waals surface area (Å²) in [5.74, 6) is -6.27. The minimum atomic E-state index is -1.33. The quantitative estimate of drug-likeness (QED) is 0.312. The van der Waals surface area contributed by atoms with Crippen LogP contribution in [0.4, 0.5) is 13.2 Å². The van der Waals surface area contributed by atoms with Gasteiger partial charge in [-0.05, 0) is 44.4 Å². The minimum Gasteiger partial charge on any atom is -0.480 e. The summed E-state index contributed by atoms with van der Waals surface area (Å²) in [5, 5.41) is 12.3. The molecule has 1 aromatic rings. The fraction of sp³-hybridized carbons (Fsp3) is 0.583. The fourth-order valence-electron chi connectivity index (χ4n) is 5.04. The molecule has 0 aromatic heterocycles. The zero-order chi connectivity index (χ0) is 27.4. The summed E-state index contributed by atoms with van der Waals surface area (Å²) in [6.45, 7) is 2.02. The van der Waals surface area contributed by atoms with Gasteiger partial charge >= 0.3 is 11.9 Å². The Kier molecular flexibility index (Phi) is 9.13. The lowest BCUT2D eigenvalue weighted by molar-refractivity contribution is -0.153. The van der Waals surface area contributed by atoms with Crippen LogP contribution in [0.1, 0.15) is 38.2 Å². The van der Waals surface area contributed by atoms with Crippen molar-refractivity contribution in [2.24, 2.45) is 5.73 Å². The Morgan fingerprint density at radius 2 is 1.84 bits per heavy atom. The molecule has 1 aromatic carbocycles. The lowest BCUT2D eigenvalue weighted by atomic mass is 10.0. The molecule has 13 heteroatoms. The smallest absolute Gasteiger partial charge is 0.326 e. The number of nitrogens with zero attached hydrogens (tertiary/aromatic N) is 2. The van der Waals surface area contributed by atoms with E-state index in [9.17, 15) is 37.5 Å². The van der Waals surface area contributed by atoms with Gasteiger partial charge in [0, 0.05) is 37.5 Å². The topological polar surface area (TPSA) is 142 Å². The molecule has 2 heterocycles. The number of carbonyl (C=O) groups is 4. The molecule has 2 saturated heterocycles. The predicted octanol–water partition coefficient (Wildman–Crippen LogP) is 0.560. The van der Waals surface area contributed by atoms with Crippen LogP contribution in [0.15, 0.2) is 12.1 Å². The van der Waals surface area contributed by atoms with Gasteiger partial charge in [-0.2, -0.15) is 0 Å². The number of nitrogens with two attached hydrogens (primary N) is 1. The largest absolute Gasteiger partial charge is 0.480 e. The molecule has 2 fully saturated rings. The molecule has 0 radical (unpaired) electrons. The standard InChI is InChI=1S/C24H31F3N4O6/c1-12(30-5-3-4-19(30)24(36)37-2)22(33)31-11-15(9-20(31)23(34)35)29-21(32)8-14(28)6-13-7-17(26)18(27)10-16(13)25/h7,10,12,14-15,19-20H,3-6,8-9,11,28H2,1-2H3,(H,29,32)(H,34,35)/t12-,14+,15-,19-,20-/m0/s1. The van der Waals surface area contributed by atoms with E-state index >= 15 is 0 Å². The predicted molar refractivity (Wildman–Crippen MR) is 124 cm³/mol. The van der Waals surface area contributed by atoms with E-state index in [0.717, 1.165) is 0 Å². The second kappa shape index (κ2) is 11.9. The van der Waals surface area contributed by atoms with Gasteiger partial charge in [0.1, 0.15) is 17.9 Å². The summed E-state index contributed by atoms with van der Waals surface area (Å²) in [6, 6.07) is -3.04. The van der Waals surface area contributed by atoms with Crippen LogP contribution in [-0.2, 0) is 30.3 Å². The highest BCUT2D eigenvalue weighted by atomic mass is 19.2. The van der Waals surface area contributed by atoms with Crippen molar-refractivity contribution in [3.63, 3.8) is 0 Å². The van der Waals surface area contributed by atoms with Crippen LogP contribution in [0.25, 0.3) is 0 Å². The maximum absolute atomic E-state index is 13.9. The Morgan fingerprint density at radius 3 is 2.49 bits per heavy atom. The third kappa shape index (κ3) is 6.58. The van der Waals surface area contributed by atoms with Gasteiger partial charge < -0.3 is 25.8 Å². The summed E-state index contributed by atoms with van der Waals surface area (Å²) >= 11 is 0. The van der Waals surface area contributed by atoms with Gasteiger partial charge in [-0.25, -0.2) is 18.0 Å². The zero-order valence-electron chi connectivity index (χ0n) is 20.6. The number of likely N-dealkylation sites (tertiary alicyclic amines) is 2. The number of carbonyl (C=O) groups excluding carboxylic acids is 3. The van der Waals surface area contributed by atoms with E-state index in [4.69, 9.17) is 10.5 Å². The average Bonchev–Trinajstić information content (AvgIpc) is 3.48. The van der Waals surface area contributed by atoms with Crippen molar-refractivity contribution in [3.8, 4) is 0 Å². The molecule has 2 aliphatic rings. The number of rotatable bonds is 9. The van der Waals surface area contributed by atoms with E-state index in [1.165, 1.54) is 12.0 Å². The molecule has 0 bridgehead atoms. The highest BCUT2D eigenvalue weighted by molar-refractivity contribution is 5.88. The summed E-state index contributed by atoms with van der Waals surface area (Å²) in [6.07, 6.45) is 0.671. The average molecular weight is 529 g/mol. The molecule has 0 unspecified atom stereocenters. The number of hydrogen-bond acceptors (Lipinski definition) is 7. The normalized spacial score (nSPS) is 23.5. The van der Waals surface area contributed by atoms with Gasteiger partial charge in [0.2, 0.25) is 11.8 Å². The van der Waals surface area contributed by atoms with Crippen LogP contribution in [0.2, 0.25) is 0 Å². The van der Waals surface area contributed by atoms with Gasteiger partial charge in [-0.15, -0.1) is 0 Å². The first kappa shape index (κ1) is 28.4. The first-order chi connectivity index (χ1) is 17.4. The Hall–Kier alpha value is -3.19. The number of nitrogens with one attached hydrogen (secondary N) is 1. The van der Waals surface area contributed by atoms with Crippen molar-refractivity contribution in [3.05, 3.63) is 35.1 Å². The van der Waals surface area contributed by atoms with Crippen molar-refractivity contribution >= 4 is 23.8 Å². The maximum atomic E-state index is 13.9. The molecule has 2 aliphatic heterocycles. The summed E-state index contributed by atoms with van der Waals surface area (Å²) in [7, 11) is 1.26. The van der Waals surface area contributed by atoms with E-state index < -0.39 is 71.4 Å². The third-order valence-electron chi connectivity index (χ3n) is 6.88. The van der Waals surface area contributed by atoms with Crippen LogP contribution in [0.3, 0.4) is 0 Å². The summed E-state index contributed by atoms with van der Waals surface area (Å²) < 4.78 is 45.2. The van der Waals surface area contributed by atoms with Crippen LogP contribution >= 0.6 is 0 Å². The molecule has 4 N–H and O–H groups in total. The Morgan fingerprint density at radius 1 is 1.16 bits per heavy atom. The number of hydrogen-bond donors (Lipinski definition) is 3. The Bertz CT molecular complexity index is 1060. The molecule has 204 valence electrons. The summed E-state index contributed by atoms with van der Waals surface area (Å²) in [5.41, 5.74) is 5.72. The molecule has 0 spiro atoms. The van der Waals surface area contributed by atoms with Gasteiger partial charge in [0.15, 0.2) is 11.6 Å². The van der Waals surface area contributed by atoms with E-state index in [1.54, 1.807) is 11.8 Å². The van der Waals surface area contributed by atoms with Crippen molar-refractivity contribution < 1.29 is 42.2 Å². The molecular weight excluding hydrogens is 497 g/mol. The highest BCUT2D eigenvalue weighted by Gasteiger charge is 2.45. The molecule has 0 saturated carbocycles. The number of ether oxygens (including phenoxy) is 1. The van der Waals surface area contributed by atoms with Crippen LogP contribution < -0.4 is 11.1 Å². The Balaban J connectivity index is 1.60. The minimum absolute atomic E-state index is 0.0347. The van der Waals surface area contributed by atoms with Gasteiger partial charge in [0.25, 0.3) is 0 Å². The number of esters is 1. The van der Waals surface area contributed by atoms with E-state index in [2.05, 4.69) is 5.32 Å². The number of halogens is 3. The maximum Gasteiger partial charge on any atom is 0.326 e. The first-order valence-electron chi connectivity index (χ1n) is 12.0. The molecule has 2 amide bonds. The highest BCUT2D eigenvalue weighted by Crippen LogP contribution is 2.26. The van der Waals surface area contributed by atoms with E-state index in [1.807, 2.05) is 0 Å². The SMILES string of the molecule is COC(=O)[C@@H]1CCCN1[C@@H](C)C(=O)N1C[C@@H](NC(=O)C[C@H](N)Cc2cc(F)c(F)cc2F)C[C@H]1C(=O)O. The van der Waals surface area contributed by atoms with Gasteiger partial charge in [-0.3, -0.25) is 19.3 Å². The van der Waals surface area contributed by atoms with Crippen molar-refractivity contribution in [1.29, 1.82) is 0 Å². The molecular formula is C24H31F3N4O6. The molecule has 3 rings (SSSR count). The fourth-order valence-corrected chi connectivity index (χ4v) is 5.04. The second-order valence-corrected chi connectivity index (χ2v) is 9.47. The zero-order valence-corrected chi connectivity index (χ0v) is 20.6. The monoisotopic (exact) mass is 528 g/mol. The van der Waals surface area contributed by atoms with Crippen LogP contribution in [-0.4, -0.2) is 89.1 Å². The van der Waals surface area contributed by atoms with Crippen LogP contribution in [0.5, 0.6) is 0 Å². The lowest BCUT2D eigenvalue weighted by Crippen LogP contribution is -2.53. The van der Waals surface area contributed by atoms with E-state index in [0.29, 0.717) is 31.5 Å². The number of methoxy groups -OCH3 is 1. The van der Waals surface area contributed by atoms with Crippen molar-refractivity contribution in [2.45, 2.75) is 69.2 Å². The first-order valence-corrected chi connectivity index (χ1v) is 12.0. The van der Waals surface area contributed by atoms with E-state index in [-0.39, 0.29) is 31.4 Å². The van der Waals surface area contributed by atoms with Gasteiger partial charge in [-0.1, -0.05) is 0 Å². The third-order valence-corrected chi connectivity index (χ3v) is 6.88. The Labute approximate surface area is 211 Å². The second-order valence-electron chi connectivity index (χ2n) is 9.47. The number of aliphatic carboxylic acids is 1. The van der Waals surface area contributed by atoms with Crippen LogP contribution in [0, 0.1) is 17.5 Å². The number of amides is 2. The van der Waals surface area contributed by atoms with Crippen molar-refractivity contribution in [1.82, 2.24) is 15.1 Å².